The number of barbiturate groups is 1. The fourth-order valence-corrected chi connectivity index (χ4v) is 2.65. The normalized spacial score (nSPS) is 16.5. The molecule has 0 spiro atoms. The molecule has 2 N–H and O–H groups in total. The number of halogens is 1. The van der Waals surface area contributed by atoms with Gasteiger partial charge in [-0.1, -0.05) is 11.6 Å². The molecule has 0 saturated carbocycles. The summed E-state index contributed by atoms with van der Waals surface area (Å²) in [6.45, 7) is 0. The van der Waals surface area contributed by atoms with Gasteiger partial charge in [0.05, 0.1) is 10.6 Å². The predicted octanol–water partition coefficient (Wildman–Crippen LogP) is 2.09. The first kappa shape index (κ1) is 19.0. The van der Waals surface area contributed by atoms with Gasteiger partial charge in [0.1, 0.15) is 0 Å². The summed E-state index contributed by atoms with van der Waals surface area (Å²) in [6.07, 6.45) is 0. The SMILES string of the molecule is O=C1NC(=O)N(c2ccc([N+](=O)[O-])cc2)C(=O)C1C(=O)Nc1ccc(Cl)cc1. The summed E-state index contributed by atoms with van der Waals surface area (Å²) < 4.78 is 0. The van der Waals surface area contributed by atoms with Gasteiger partial charge in [-0.3, -0.25) is 29.8 Å². The molecule has 1 atom stereocenters. The summed E-state index contributed by atoms with van der Waals surface area (Å²) in [5, 5.41) is 15.5. The monoisotopic (exact) mass is 402 g/mol. The molecular weight excluding hydrogens is 392 g/mol. The number of anilines is 2. The Bertz CT molecular complexity index is 990. The Morgan fingerprint density at radius 1 is 1.07 bits per heavy atom. The lowest BCUT2D eigenvalue weighted by Crippen LogP contribution is -2.61. The van der Waals surface area contributed by atoms with Crippen LogP contribution < -0.4 is 15.5 Å². The fraction of sp³-hybridized carbons (Fsp3) is 0.0588. The van der Waals surface area contributed by atoms with E-state index in [-0.39, 0.29) is 11.4 Å². The number of hydrogen-bond donors (Lipinski definition) is 2. The molecule has 11 heteroatoms. The van der Waals surface area contributed by atoms with Crippen molar-refractivity contribution in [3.8, 4) is 0 Å². The first-order chi connectivity index (χ1) is 13.3. The minimum Gasteiger partial charge on any atom is -0.325 e. The Labute approximate surface area is 162 Å². The van der Waals surface area contributed by atoms with Gasteiger partial charge in [0.2, 0.25) is 11.8 Å². The molecule has 1 unspecified atom stereocenters. The quantitative estimate of drug-likeness (QED) is 0.456. The topological polar surface area (TPSA) is 139 Å². The third-order valence-corrected chi connectivity index (χ3v) is 4.11. The number of hydrogen-bond acceptors (Lipinski definition) is 6. The number of urea groups is 1. The van der Waals surface area contributed by atoms with Crippen LogP contribution in [0, 0.1) is 16.0 Å². The minimum atomic E-state index is -1.82. The number of benzene rings is 2. The maximum Gasteiger partial charge on any atom is 0.335 e. The van der Waals surface area contributed by atoms with E-state index in [1.165, 1.54) is 36.4 Å². The number of nitro groups is 1. The third kappa shape index (κ3) is 3.67. The summed E-state index contributed by atoms with van der Waals surface area (Å²) in [4.78, 5) is 60.0. The van der Waals surface area contributed by atoms with Crippen molar-refractivity contribution in [2.75, 3.05) is 10.2 Å². The lowest BCUT2D eigenvalue weighted by Gasteiger charge is -2.29. The van der Waals surface area contributed by atoms with Gasteiger partial charge in [-0.2, -0.15) is 0 Å². The second-order valence-electron chi connectivity index (χ2n) is 5.67. The maximum absolute atomic E-state index is 12.7. The van der Waals surface area contributed by atoms with Crippen LogP contribution in [0.4, 0.5) is 21.9 Å². The number of carbonyl (C=O) groups excluding carboxylic acids is 4. The second-order valence-corrected chi connectivity index (χ2v) is 6.11. The number of carbonyl (C=O) groups is 4. The molecule has 3 rings (SSSR count). The van der Waals surface area contributed by atoms with Crippen LogP contribution >= 0.6 is 11.6 Å². The van der Waals surface area contributed by atoms with E-state index in [4.69, 9.17) is 11.6 Å². The van der Waals surface area contributed by atoms with Crippen molar-refractivity contribution in [3.63, 3.8) is 0 Å². The average molecular weight is 403 g/mol. The molecule has 1 aliphatic heterocycles. The lowest BCUT2D eigenvalue weighted by atomic mass is 10.0. The third-order valence-electron chi connectivity index (χ3n) is 3.86. The van der Waals surface area contributed by atoms with Crippen LogP contribution in [0.3, 0.4) is 0 Å². The average Bonchev–Trinajstić information content (AvgIpc) is 2.63. The van der Waals surface area contributed by atoms with Gasteiger partial charge in [0, 0.05) is 22.8 Å². The highest BCUT2D eigenvalue weighted by Crippen LogP contribution is 2.24. The maximum atomic E-state index is 12.7. The number of amides is 5. The van der Waals surface area contributed by atoms with Gasteiger partial charge in [-0.05, 0) is 36.4 Å². The standard InChI is InChI=1S/C17H11ClN4O6/c18-9-1-3-10(4-2-9)19-14(23)13-15(24)20-17(26)21(16(13)25)11-5-7-12(8-6-11)22(27)28/h1-8,13H,(H,19,23)(H,20,24,26). The summed E-state index contributed by atoms with van der Waals surface area (Å²) in [5.74, 6) is -4.90. The molecular formula is C17H11ClN4O6. The van der Waals surface area contributed by atoms with E-state index in [0.717, 1.165) is 12.1 Å². The molecule has 1 heterocycles. The first-order valence-electron chi connectivity index (χ1n) is 7.77. The number of nitrogens with zero attached hydrogens (tertiary/aromatic N) is 2. The number of nitro benzene ring substituents is 1. The van der Waals surface area contributed by atoms with Crippen LogP contribution in [-0.2, 0) is 14.4 Å². The lowest BCUT2D eigenvalue weighted by molar-refractivity contribution is -0.384. The molecule has 1 fully saturated rings. The number of imide groups is 2. The van der Waals surface area contributed by atoms with E-state index in [1.54, 1.807) is 0 Å². The zero-order valence-electron chi connectivity index (χ0n) is 13.9. The minimum absolute atomic E-state index is 0.0232. The van der Waals surface area contributed by atoms with Crippen LogP contribution in [0.5, 0.6) is 0 Å². The van der Waals surface area contributed by atoms with E-state index >= 15 is 0 Å². The Morgan fingerprint density at radius 3 is 2.25 bits per heavy atom. The van der Waals surface area contributed by atoms with E-state index < -0.39 is 34.6 Å². The smallest absolute Gasteiger partial charge is 0.325 e. The predicted molar refractivity (Wildman–Crippen MR) is 97.7 cm³/mol. The van der Waals surface area contributed by atoms with Gasteiger partial charge < -0.3 is 5.32 Å². The summed E-state index contributed by atoms with van der Waals surface area (Å²) in [6, 6.07) is 9.43. The first-order valence-corrected chi connectivity index (χ1v) is 8.15. The molecule has 142 valence electrons. The number of rotatable bonds is 4. The van der Waals surface area contributed by atoms with Crippen LogP contribution in [0.2, 0.25) is 5.02 Å². The summed E-state index contributed by atoms with van der Waals surface area (Å²) in [7, 11) is 0. The highest BCUT2D eigenvalue weighted by Gasteiger charge is 2.45. The van der Waals surface area contributed by atoms with Crippen molar-refractivity contribution < 1.29 is 24.1 Å². The van der Waals surface area contributed by atoms with Gasteiger partial charge in [0.25, 0.3) is 11.6 Å². The Hall–Kier alpha value is -3.79. The zero-order valence-corrected chi connectivity index (χ0v) is 14.7. The molecule has 2 aromatic carbocycles. The van der Waals surface area contributed by atoms with Gasteiger partial charge >= 0.3 is 6.03 Å². The number of non-ortho nitro benzene ring substituents is 1. The molecule has 1 aliphatic rings. The van der Waals surface area contributed by atoms with Crippen molar-refractivity contribution >= 4 is 52.4 Å². The zero-order chi connectivity index (χ0) is 20.4. The van der Waals surface area contributed by atoms with Gasteiger partial charge in [0.15, 0.2) is 5.92 Å². The number of nitrogens with one attached hydrogen (secondary N) is 2. The highest BCUT2D eigenvalue weighted by atomic mass is 35.5. The van der Waals surface area contributed by atoms with Crippen molar-refractivity contribution in [2.45, 2.75) is 0 Å². The molecule has 0 aliphatic carbocycles. The van der Waals surface area contributed by atoms with Crippen LogP contribution in [0.15, 0.2) is 48.5 Å². The molecule has 10 nitrogen and oxygen atoms in total. The Kier molecular flexibility index (Phi) is 5.05. The Balaban J connectivity index is 1.85. The molecule has 2 aromatic rings. The van der Waals surface area contributed by atoms with Gasteiger partial charge in [-0.25, -0.2) is 9.69 Å². The van der Waals surface area contributed by atoms with Crippen LogP contribution in [0.1, 0.15) is 0 Å². The van der Waals surface area contributed by atoms with Crippen molar-refractivity contribution in [2.24, 2.45) is 5.92 Å². The van der Waals surface area contributed by atoms with Crippen molar-refractivity contribution in [3.05, 3.63) is 63.7 Å². The van der Waals surface area contributed by atoms with E-state index in [2.05, 4.69) is 5.32 Å². The van der Waals surface area contributed by atoms with Crippen molar-refractivity contribution in [1.29, 1.82) is 0 Å². The molecule has 0 radical (unpaired) electrons. The van der Waals surface area contributed by atoms with Crippen LogP contribution in [-0.4, -0.2) is 28.7 Å². The molecule has 5 amide bonds. The van der Waals surface area contributed by atoms with Crippen LogP contribution in [0.25, 0.3) is 0 Å². The summed E-state index contributed by atoms with van der Waals surface area (Å²) >= 11 is 5.76. The highest BCUT2D eigenvalue weighted by molar-refractivity contribution is 6.35. The molecule has 0 bridgehead atoms. The Morgan fingerprint density at radius 2 is 1.68 bits per heavy atom. The summed E-state index contributed by atoms with van der Waals surface area (Å²) in [5.41, 5.74) is 0.0282. The largest absolute Gasteiger partial charge is 0.335 e. The fourth-order valence-electron chi connectivity index (χ4n) is 2.52. The molecule has 0 aromatic heterocycles. The van der Waals surface area contributed by atoms with E-state index in [0.29, 0.717) is 15.6 Å². The van der Waals surface area contributed by atoms with E-state index in [1.807, 2.05) is 5.32 Å². The molecule has 28 heavy (non-hydrogen) atoms. The second kappa shape index (κ2) is 7.45. The van der Waals surface area contributed by atoms with E-state index in [9.17, 15) is 29.3 Å². The van der Waals surface area contributed by atoms with Crippen molar-refractivity contribution in [1.82, 2.24) is 5.32 Å². The van der Waals surface area contributed by atoms with Gasteiger partial charge in [-0.15, -0.1) is 0 Å². The molecule has 1 saturated heterocycles.